The van der Waals surface area contributed by atoms with Gasteiger partial charge in [0.05, 0.1) is 0 Å². The predicted octanol–water partition coefficient (Wildman–Crippen LogP) is 2.90. The number of halogens is 1. The minimum Gasteiger partial charge on any atom is -0.508 e. The second-order valence-corrected chi connectivity index (χ2v) is 5.04. The quantitative estimate of drug-likeness (QED) is 0.854. The van der Waals surface area contributed by atoms with Gasteiger partial charge in [0.1, 0.15) is 5.75 Å². The number of phenols is 1. The van der Waals surface area contributed by atoms with Gasteiger partial charge in [0.2, 0.25) is 0 Å². The van der Waals surface area contributed by atoms with Crippen LogP contribution < -0.4 is 5.73 Å². The standard InChI is InChI=1S/C15H15ClN2O2/c1-18(9-10-3-2-4-14(19)5-10)15(20)11-6-12(16)8-13(17)7-11/h2-8,19H,9,17H2,1H3. The molecule has 104 valence electrons. The number of hydrogen-bond acceptors (Lipinski definition) is 3. The Kier molecular flexibility index (Phi) is 4.15. The highest BCUT2D eigenvalue weighted by Crippen LogP contribution is 2.19. The molecule has 2 aromatic rings. The fourth-order valence-electron chi connectivity index (χ4n) is 1.96. The molecular weight excluding hydrogens is 276 g/mol. The lowest BCUT2D eigenvalue weighted by atomic mass is 10.1. The Morgan fingerprint density at radius 2 is 2.05 bits per heavy atom. The molecule has 0 unspecified atom stereocenters. The number of hydrogen-bond donors (Lipinski definition) is 2. The van der Waals surface area contributed by atoms with Crippen molar-refractivity contribution >= 4 is 23.2 Å². The van der Waals surface area contributed by atoms with Crippen LogP contribution in [0.15, 0.2) is 42.5 Å². The summed E-state index contributed by atoms with van der Waals surface area (Å²) in [6, 6.07) is 11.6. The van der Waals surface area contributed by atoms with E-state index in [9.17, 15) is 9.90 Å². The number of anilines is 1. The maximum atomic E-state index is 12.3. The summed E-state index contributed by atoms with van der Waals surface area (Å²) < 4.78 is 0. The molecule has 2 aromatic carbocycles. The van der Waals surface area contributed by atoms with Gasteiger partial charge in [0.15, 0.2) is 0 Å². The Labute approximate surface area is 122 Å². The first kappa shape index (κ1) is 14.2. The van der Waals surface area contributed by atoms with Crippen LogP contribution in [0.1, 0.15) is 15.9 Å². The molecule has 0 saturated carbocycles. The molecule has 0 aliphatic heterocycles. The molecule has 4 nitrogen and oxygen atoms in total. The molecule has 0 aromatic heterocycles. The van der Waals surface area contributed by atoms with Crippen LogP contribution in [-0.2, 0) is 6.54 Å². The van der Waals surface area contributed by atoms with Crippen LogP contribution in [0.4, 0.5) is 5.69 Å². The number of amides is 1. The summed E-state index contributed by atoms with van der Waals surface area (Å²) in [6.45, 7) is 0.389. The average Bonchev–Trinajstić information content (AvgIpc) is 2.36. The van der Waals surface area contributed by atoms with Crippen molar-refractivity contribution in [2.75, 3.05) is 12.8 Å². The van der Waals surface area contributed by atoms with Gasteiger partial charge in [-0.15, -0.1) is 0 Å². The number of benzene rings is 2. The van der Waals surface area contributed by atoms with E-state index < -0.39 is 0 Å². The van der Waals surface area contributed by atoms with Crippen LogP contribution in [0.2, 0.25) is 5.02 Å². The summed E-state index contributed by atoms with van der Waals surface area (Å²) in [5.74, 6) is -0.00195. The minimum absolute atomic E-state index is 0.176. The Hall–Kier alpha value is -2.20. The van der Waals surface area contributed by atoms with E-state index in [4.69, 9.17) is 17.3 Å². The maximum absolute atomic E-state index is 12.3. The molecule has 0 atom stereocenters. The average molecular weight is 291 g/mol. The van der Waals surface area contributed by atoms with Gasteiger partial charge in [-0.25, -0.2) is 0 Å². The Morgan fingerprint density at radius 1 is 1.30 bits per heavy atom. The molecule has 0 heterocycles. The minimum atomic E-state index is -0.178. The van der Waals surface area contributed by atoms with Crippen LogP contribution in [0.5, 0.6) is 5.75 Å². The molecule has 0 aliphatic carbocycles. The zero-order valence-electron chi connectivity index (χ0n) is 11.0. The van der Waals surface area contributed by atoms with E-state index in [1.807, 2.05) is 6.07 Å². The Bertz CT molecular complexity index is 623. The van der Waals surface area contributed by atoms with E-state index in [1.165, 1.54) is 0 Å². The third-order valence-corrected chi connectivity index (χ3v) is 3.06. The van der Waals surface area contributed by atoms with Crippen molar-refractivity contribution in [1.29, 1.82) is 0 Å². The summed E-state index contributed by atoms with van der Waals surface area (Å²) >= 11 is 5.90. The van der Waals surface area contributed by atoms with E-state index in [2.05, 4.69) is 0 Å². The van der Waals surface area contributed by atoms with Crippen molar-refractivity contribution in [3.63, 3.8) is 0 Å². The third-order valence-electron chi connectivity index (χ3n) is 2.84. The van der Waals surface area contributed by atoms with E-state index >= 15 is 0 Å². The first-order valence-electron chi connectivity index (χ1n) is 6.05. The molecule has 20 heavy (non-hydrogen) atoms. The topological polar surface area (TPSA) is 66.6 Å². The van der Waals surface area contributed by atoms with Crippen LogP contribution in [0.3, 0.4) is 0 Å². The molecule has 0 radical (unpaired) electrons. The van der Waals surface area contributed by atoms with Gasteiger partial charge >= 0.3 is 0 Å². The first-order valence-corrected chi connectivity index (χ1v) is 6.43. The van der Waals surface area contributed by atoms with Crippen LogP contribution in [0, 0.1) is 0 Å². The van der Waals surface area contributed by atoms with E-state index in [-0.39, 0.29) is 11.7 Å². The third kappa shape index (κ3) is 3.42. The number of rotatable bonds is 3. The molecule has 2 rings (SSSR count). The zero-order chi connectivity index (χ0) is 14.7. The summed E-state index contributed by atoms with van der Waals surface area (Å²) in [5.41, 5.74) is 7.42. The molecular formula is C15H15ClN2O2. The number of nitrogen functional groups attached to an aromatic ring is 1. The van der Waals surface area contributed by atoms with Gasteiger partial charge in [-0.1, -0.05) is 23.7 Å². The maximum Gasteiger partial charge on any atom is 0.254 e. The van der Waals surface area contributed by atoms with Crippen LogP contribution >= 0.6 is 11.6 Å². The summed E-state index contributed by atoms with van der Waals surface area (Å²) in [7, 11) is 1.68. The zero-order valence-corrected chi connectivity index (χ0v) is 11.8. The van der Waals surface area contributed by atoms with E-state index in [1.54, 1.807) is 48.3 Å². The molecule has 3 N–H and O–H groups in total. The molecule has 5 heteroatoms. The summed E-state index contributed by atoms with van der Waals surface area (Å²) in [5, 5.41) is 9.85. The van der Waals surface area contributed by atoms with Crippen molar-refractivity contribution in [2.24, 2.45) is 0 Å². The summed E-state index contributed by atoms with van der Waals surface area (Å²) in [4.78, 5) is 13.8. The lowest BCUT2D eigenvalue weighted by Crippen LogP contribution is -2.26. The SMILES string of the molecule is CN(Cc1cccc(O)c1)C(=O)c1cc(N)cc(Cl)c1. The number of nitrogens with zero attached hydrogens (tertiary/aromatic N) is 1. The highest BCUT2D eigenvalue weighted by molar-refractivity contribution is 6.31. The van der Waals surface area contributed by atoms with Crippen molar-refractivity contribution < 1.29 is 9.90 Å². The molecule has 0 fully saturated rings. The number of carbonyl (C=O) groups excluding carboxylic acids is 1. The van der Waals surface area contributed by atoms with Crippen LogP contribution in [-0.4, -0.2) is 23.0 Å². The van der Waals surface area contributed by atoms with Crippen molar-refractivity contribution in [1.82, 2.24) is 4.90 Å². The van der Waals surface area contributed by atoms with Crippen molar-refractivity contribution in [3.05, 3.63) is 58.6 Å². The number of carbonyl (C=O) groups is 1. The van der Waals surface area contributed by atoms with Gasteiger partial charge in [-0.2, -0.15) is 0 Å². The Balaban J connectivity index is 2.16. The van der Waals surface area contributed by atoms with E-state index in [0.29, 0.717) is 22.8 Å². The number of aromatic hydroxyl groups is 1. The second-order valence-electron chi connectivity index (χ2n) is 4.60. The monoisotopic (exact) mass is 290 g/mol. The highest BCUT2D eigenvalue weighted by atomic mass is 35.5. The smallest absolute Gasteiger partial charge is 0.254 e. The molecule has 0 saturated heterocycles. The number of phenolic OH excluding ortho intramolecular Hbond substituents is 1. The lowest BCUT2D eigenvalue weighted by molar-refractivity contribution is 0.0785. The van der Waals surface area contributed by atoms with Gasteiger partial charge < -0.3 is 15.7 Å². The largest absolute Gasteiger partial charge is 0.508 e. The molecule has 0 aliphatic rings. The summed E-state index contributed by atoms with van der Waals surface area (Å²) in [6.07, 6.45) is 0. The second kappa shape index (κ2) is 5.84. The van der Waals surface area contributed by atoms with E-state index in [0.717, 1.165) is 5.56 Å². The first-order chi connectivity index (χ1) is 9.45. The normalized spacial score (nSPS) is 10.3. The molecule has 1 amide bonds. The Morgan fingerprint density at radius 3 is 2.70 bits per heavy atom. The fraction of sp³-hybridized carbons (Fsp3) is 0.133. The molecule has 0 spiro atoms. The van der Waals surface area contributed by atoms with Crippen molar-refractivity contribution in [3.8, 4) is 5.75 Å². The molecule has 0 bridgehead atoms. The fourth-order valence-corrected chi connectivity index (χ4v) is 2.20. The van der Waals surface area contributed by atoms with Crippen molar-refractivity contribution in [2.45, 2.75) is 6.54 Å². The lowest BCUT2D eigenvalue weighted by Gasteiger charge is -2.18. The van der Waals surface area contributed by atoms with Gasteiger partial charge in [0.25, 0.3) is 5.91 Å². The highest BCUT2D eigenvalue weighted by Gasteiger charge is 2.13. The predicted molar refractivity (Wildman–Crippen MR) is 79.8 cm³/mol. The van der Waals surface area contributed by atoms with Gasteiger partial charge in [0, 0.05) is 29.9 Å². The van der Waals surface area contributed by atoms with Crippen LogP contribution in [0.25, 0.3) is 0 Å². The van der Waals surface area contributed by atoms with Gasteiger partial charge in [-0.3, -0.25) is 4.79 Å². The number of nitrogens with two attached hydrogens (primary N) is 1. The van der Waals surface area contributed by atoms with Gasteiger partial charge in [-0.05, 0) is 35.9 Å².